The molecule has 0 unspecified atom stereocenters. The first-order valence-electron chi connectivity index (χ1n) is 5.33. The van der Waals surface area contributed by atoms with E-state index in [1.807, 2.05) is 0 Å². The largest absolute Gasteiger partial charge is 0.459 e. The molecular formula is C12H12ClFO2. The van der Waals surface area contributed by atoms with E-state index in [9.17, 15) is 9.18 Å². The maximum atomic E-state index is 13.4. The van der Waals surface area contributed by atoms with E-state index in [0.717, 1.165) is 25.7 Å². The van der Waals surface area contributed by atoms with Gasteiger partial charge in [-0.25, -0.2) is 9.18 Å². The average molecular weight is 243 g/mol. The molecule has 0 bridgehead atoms. The standard InChI is InChI=1S/C12H12ClFO2/c13-9-6-3-7-10(14)11(9)12(15)16-8-4-1-2-5-8/h3,6-8H,1-2,4-5H2. The van der Waals surface area contributed by atoms with Crippen molar-refractivity contribution in [3.8, 4) is 0 Å². The van der Waals surface area contributed by atoms with Crippen LogP contribution in [0.15, 0.2) is 18.2 Å². The third-order valence-corrected chi connectivity index (χ3v) is 3.06. The van der Waals surface area contributed by atoms with Crippen LogP contribution in [-0.4, -0.2) is 12.1 Å². The Kier molecular flexibility index (Phi) is 3.44. The molecular weight excluding hydrogens is 231 g/mol. The molecule has 4 heteroatoms. The number of carbonyl (C=O) groups excluding carboxylic acids is 1. The maximum absolute atomic E-state index is 13.4. The van der Waals surface area contributed by atoms with Gasteiger partial charge >= 0.3 is 5.97 Å². The molecule has 1 aromatic carbocycles. The third kappa shape index (κ3) is 2.35. The molecule has 1 aliphatic carbocycles. The lowest BCUT2D eigenvalue weighted by molar-refractivity contribution is 0.0313. The molecule has 0 aromatic heterocycles. The molecule has 1 saturated carbocycles. The fraction of sp³-hybridized carbons (Fsp3) is 0.417. The lowest BCUT2D eigenvalue weighted by Gasteiger charge is -2.12. The molecule has 1 aromatic rings. The fourth-order valence-electron chi connectivity index (χ4n) is 1.91. The van der Waals surface area contributed by atoms with Gasteiger partial charge in [0.1, 0.15) is 17.5 Å². The van der Waals surface area contributed by atoms with Gasteiger partial charge in [-0.1, -0.05) is 17.7 Å². The van der Waals surface area contributed by atoms with Crippen LogP contribution in [0.3, 0.4) is 0 Å². The summed E-state index contributed by atoms with van der Waals surface area (Å²) in [7, 11) is 0. The summed E-state index contributed by atoms with van der Waals surface area (Å²) < 4.78 is 18.6. The first kappa shape index (κ1) is 11.4. The number of esters is 1. The predicted molar refractivity (Wildman–Crippen MR) is 59.1 cm³/mol. The number of rotatable bonds is 2. The van der Waals surface area contributed by atoms with Crippen LogP contribution in [-0.2, 0) is 4.74 Å². The maximum Gasteiger partial charge on any atom is 0.342 e. The Morgan fingerprint density at radius 1 is 1.38 bits per heavy atom. The van der Waals surface area contributed by atoms with Crippen LogP contribution < -0.4 is 0 Å². The summed E-state index contributed by atoms with van der Waals surface area (Å²) in [4.78, 5) is 11.7. The summed E-state index contributed by atoms with van der Waals surface area (Å²) >= 11 is 5.77. The molecule has 2 nitrogen and oxygen atoms in total. The Labute approximate surface area is 98.4 Å². The van der Waals surface area contributed by atoms with Crippen molar-refractivity contribution in [1.82, 2.24) is 0 Å². The SMILES string of the molecule is O=C(OC1CCCC1)c1c(F)cccc1Cl. The summed E-state index contributed by atoms with van der Waals surface area (Å²) in [5.41, 5.74) is -0.156. The molecule has 1 fully saturated rings. The third-order valence-electron chi connectivity index (χ3n) is 2.74. The molecule has 0 radical (unpaired) electrons. The summed E-state index contributed by atoms with van der Waals surface area (Å²) in [6, 6.07) is 4.15. The van der Waals surface area contributed by atoms with E-state index in [1.54, 1.807) is 0 Å². The predicted octanol–water partition coefficient (Wildman–Crippen LogP) is 3.58. The van der Waals surface area contributed by atoms with Crippen LogP contribution in [0, 0.1) is 5.82 Å². The molecule has 2 rings (SSSR count). The lowest BCUT2D eigenvalue weighted by Crippen LogP contribution is -2.16. The van der Waals surface area contributed by atoms with Gasteiger partial charge in [0, 0.05) is 0 Å². The normalized spacial score (nSPS) is 16.4. The smallest absolute Gasteiger partial charge is 0.342 e. The molecule has 86 valence electrons. The molecule has 0 aliphatic heterocycles. The molecule has 0 spiro atoms. The minimum absolute atomic E-state index is 0.0804. The van der Waals surface area contributed by atoms with Crippen molar-refractivity contribution in [1.29, 1.82) is 0 Å². The van der Waals surface area contributed by atoms with Crippen molar-refractivity contribution in [3.63, 3.8) is 0 Å². The Bertz CT molecular complexity index is 380. The highest BCUT2D eigenvalue weighted by atomic mass is 35.5. The number of hydrogen-bond donors (Lipinski definition) is 0. The second-order valence-electron chi connectivity index (χ2n) is 3.91. The van der Waals surface area contributed by atoms with Crippen LogP contribution >= 0.6 is 11.6 Å². The summed E-state index contributed by atoms with van der Waals surface area (Å²) in [5, 5.41) is 0.1000. The second-order valence-corrected chi connectivity index (χ2v) is 4.32. The van der Waals surface area contributed by atoms with Gasteiger partial charge in [0.2, 0.25) is 0 Å². The summed E-state index contributed by atoms with van der Waals surface area (Å²) in [5.74, 6) is -1.29. The number of ether oxygens (including phenoxy) is 1. The second kappa shape index (κ2) is 4.83. The zero-order chi connectivity index (χ0) is 11.5. The number of halogens is 2. The molecule has 0 atom stereocenters. The topological polar surface area (TPSA) is 26.3 Å². The average Bonchev–Trinajstić information content (AvgIpc) is 2.70. The number of carbonyl (C=O) groups is 1. The molecule has 1 aliphatic rings. The molecule has 0 heterocycles. The van der Waals surface area contributed by atoms with Crippen molar-refractivity contribution >= 4 is 17.6 Å². The van der Waals surface area contributed by atoms with E-state index < -0.39 is 11.8 Å². The zero-order valence-corrected chi connectivity index (χ0v) is 9.47. The highest BCUT2D eigenvalue weighted by molar-refractivity contribution is 6.33. The van der Waals surface area contributed by atoms with Crippen molar-refractivity contribution in [2.24, 2.45) is 0 Å². The Balaban J connectivity index is 2.13. The number of hydrogen-bond acceptors (Lipinski definition) is 2. The van der Waals surface area contributed by atoms with Crippen LogP contribution in [0.5, 0.6) is 0 Å². The highest BCUT2D eigenvalue weighted by Crippen LogP contribution is 2.25. The van der Waals surface area contributed by atoms with Crippen LogP contribution in [0.2, 0.25) is 5.02 Å². The van der Waals surface area contributed by atoms with Gasteiger partial charge in [-0.2, -0.15) is 0 Å². The molecule has 0 saturated heterocycles. The van der Waals surface area contributed by atoms with E-state index in [2.05, 4.69) is 0 Å². The van der Waals surface area contributed by atoms with E-state index in [4.69, 9.17) is 16.3 Å². The monoisotopic (exact) mass is 242 g/mol. The summed E-state index contributed by atoms with van der Waals surface area (Å²) in [6.07, 6.45) is 3.75. The number of benzene rings is 1. The molecule has 16 heavy (non-hydrogen) atoms. The van der Waals surface area contributed by atoms with E-state index in [-0.39, 0.29) is 16.7 Å². The fourth-order valence-corrected chi connectivity index (χ4v) is 2.15. The van der Waals surface area contributed by atoms with Gasteiger partial charge in [0.05, 0.1) is 5.02 Å². The van der Waals surface area contributed by atoms with E-state index in [1.165, 1.54) is 18.2 Å². The van der Waals surface area contributed by atoms with Crippen molar-refractivity contribution in [2.45, 2.75) is 31.8 Å². The van der Waals surface area contributed by atoms with Gasteiger partial charge in [-0.3, -0.25) is 0 Å². The molecule has 0 N–H and O–H groups in total. The van der Waals surface area contributed by atoms with Crippen LogP contribution in [0.1, 0.15) is 36.0 Å². The van der Waals surface area contributed by atoms with Gasteiger partial charge in [0.25, 0.3) is 0 Å². The van der Waals surface area contributed by atoms with E-state index in [0.29, 0.717) is 0 Å². The summed E-state index contributed by atoms with van der Waals surface area (Å²) in [6.45, 7) is 0. The minimum atomic E-state index is -0.657. The Morgan fingerprint density at radius 3 is 2.69 bits per heavy atom. The van der Waals surface area contributed by atoms with Gasteiger partial charge in [0.15, 0.2) is 0 Å². The van der Waals surface area contributed by atoms with Crippen LogP contribution in [0.25, 0.3) is 0 Å². The molecule has 0 amide bonds. The minimum Gasteiger partial charge on any atom is -0.459 e. The van der Waals surface area contributed by atoms with Crippen molar-refractivity contribution < 1.29 is 13.9 Å². The van der Waals surface area contributed by atoms with Crippen molar-refractivity contribution in [2.75, 3.05) is 0 Å². The Morgan fingerprint density at radius 2 is 2.06 bits per heavy atom. The highest BCUT2D eigenvalue weighted by Gasteiger charge is 2.23. The van der Waals surface area contributed by atoms with Crippen LogP contribution in [0.4, 0.5) is 4.39 Å². The van der Waals surface area contributed by atoms with Gasteiger partial charge in [-0.05, 0) is 37.8 Å². The lowest BCUT2D eigenvalue weighted by atomic mass is 10.2. The quantitative estimate of drug-likeness (QED) is 0.741. The zero-order valence-electron chi connectivity index (χ0n) is 8.71. The van der Waals surface area contributed by atoms with Crippen molar-refractivity contribution in [3.05, 3.63) is 34.6 Å². The van der Waals surface area contributed by atoms with Gasteiger partial charge in [-0.15, -0.1) is 0 Å². The first-order valence-corrected chi connectivity index (χ1v) is 5.71. The first-order chi connectivity index (χ1) is 7.68. The Hall–Kier alpha value is -1.09. The van der Waals surface area contributed by atoms with E-state index >= 15 is 0 Å². The van der Waals surface area contributed by atoms with Gasteiger partial charge < -0.3 is 4.74 Å².